The number of aliphatic hydroxyl groups is 1. The molecule has 1 N–H and O–H groups in total. The lowest BCUT2D eigenvalue weighted by atomic mass is 9.96. The van der Waals surface area contributed by atoms with Gasteiger partial charge in [-0.2, -0.15) is 5.10 Å². The number of aliphatic hydroxyl groups excluding tert-OH is 1. The number of carbonyl (C=O) groups is 2. The van der Waals surface area contributed by atoms with Gasteiger partial charge < -0.3 is 24.4 Å². The van der Waals surface area contributed by atoms with Crippen molar-refractivity contribution in [2.45, 2.75) is 109 Å². The van der Waals surface area contributed by atoms with Crippen molar-refractivity contribution >= 4 is 20.1 Å². The quantitative estimate of drug-likeness (QED) is 0.468. The number of likely N-dealkylation sites (tertiary alicyclic amines) is 1. The highest BCUT2D eigenvalue weighted by atomic mass is 28.3. The highest BCUT2D eigenvalue weighted by Crippen LogP contribution is 2.49. The molecular formula is C25H42N4O5Si. The summed E-state index contributed by atoms with van der Waals surface area (Å²) in [5, 5.41) is 14.9. The Morgan fingerprint density at radius 1 is 1.20 bits per heavy atom. The lowest BCUT2D eigenvalue weighted by molar-refractivity contribution is 0.0202. The number of hydrogen-bond donors (Lipinski definition) is 1. The summed E-state index contributed by atoms with van der Waals surface area (Å²) in [4.78, 5) is 30.2. The van der Waals surface area contributed by atoms with Gasteiger partial charge in [-0.15, -0.1) is 0 Å². The molecule has 1 aromatic rings. The Balaban J connectivity index is 1.57. The standard InChI is InChI=1S/C25H42N4O5Si/c1-24(2,3)34-23(32)27-11-8-20-19(16-27)21(26-29(20)17-33-13-14-35(4,5)6)22(31)28-12-7-18(30)15-25(28)9-10-25/h18,30H,7-17H2,1-6H3. The van der Waals surface area contributed by atoms with Gasteiger partial charge >= 0.3 is 6.09 Å². The van der Waals surface area contributed by atoms with Gasteiger partial charge in [0.25, 0.3) is 5.91 Å². The number of nitrogens with zero attached hydrogens (tertiary/aromatic N) is 4. The molecule has 1 saturated carbocycles. The van der Waals surface area contributed by atoms with Crippen LogP contribution in [0.15, 0.2) is 0 Å². The van der Waals surface area contributed by atoms with Crippen LogP contribution < -0.4 is 0 Å². The fourth-order valence-corrected chi connectivity index (χ4v) is 5.77. The van der Waals surface area contributed by atoms with Gasteiger partial charge in [-0.1, -0.05) is 19.6 Å². The third-order valence-electron chi connectivity index (χ3n) is 7.14. The molecular weight excluding hydrogens is 464 g/mol. The molecule has 1 aliphatic carbocycles. The SMILES string of the molecule is CC(C)(C)OC(=O)N1CCc2c(c(C(=O)N3CCC(O)CC34CC4)nn2COCC[Si](C)(C)C)C1. The van der Waals surface area contributed by atoms with Crippen molar-refractivity contribution in [1.29, 1.82) is 0 Å². The molecule has 9 nitrogen and oxygen atoms in total. The van der Waals surface area contributed by atoms with E-state index in [9.17, 15) is 14.7 Å². The summed E-state index contributed by atoms with van der Waals surface area (Å²) in [5.74, 6) is -0.0995. The summed E-state index contributed by atoms with van der Waals surface area (Å²) in [7, 11) is -1.21. The zero-order valence-corrected chi connectivity index (χ0v) is 23.2. The molecule has 2 fully saturated rings. The molecule has 0 radical (unpaired) electrons. The molecule has 2 amide bonds. The van der Waals surface area contributed by atoms with E-state index in [2.05, 4.69) is 19.6 Å². The summed E-state index contributed by atoms with van der Waals surface area (Å²) < 4.78 is 13.4. The molecule has 1 atom stereocenters. The number of rotatable bonds is 6. The van der Waals surface area contributed by atoms with Crippen LogP contribution in [0.5, 0.6) is 0 Å². The summed E-state index contributed by atoms with van der Waals surface area (Å²) in [6.07, 6.45) is 2.92. The average molecular weight is 507 g/mol. The molecule has 10 heteroatoms. The molecule has 0 bridgehead atoms. The number of fused-ring (bicyclic) bond motifs is 1. The summed E-state index contributed by atoms with van der Waals surface area (Å²) in [6, 6.07) is 1.06. The molecule has 3 aliphatic rings. The van der Waals surface area contributed by atoms with E-state index in [-0.39, 0.29) is 23.6 Å². The second-order valence-electron chi connectivity index (χ2n) is 12.6. The average Bonchev–Trinajstić information content (AvgIpc) is 3.39. The number of hydrogen-bond acceptors (Lipinski definition) is 6. The number of piperidine rings is 1. The second-order valence-corrected chi connectivity index (χ2v) is 18.2. The van der Waals surface area contributed by atoms with Crippen LogP contribution in [0.4, 0.5) is 4.79 Å². The van der Waals surface area contributed by atoms with Gasteiger partial charge in [-0.05, 0) is 52.5 Å². The number of carbonyl (C=O) groups excluding carboxylic acids is 2. The van der Waals surface area contributed by atoms with Gasteiger partial charge in [-0.25, -0.2) is 9.48 Å². The predicted octanol–water partition coefficient (Wildman–Crippen LogP) is 3.62. The van der Waals surface area contributed by atoms with Gasteiger partial charge in [0.2, 0.25) is 0 Å². The van der Waals surface area contributed by atoms with E-state index >= 15 is 0 Å². The summed E-state index contributed by atoms with van der Waals surface area (Å²) >= 11 is 0. The van der Waals surface area contributed by atoms with Crippen LogP contribution in [0.1, 0.15) is 68.2 Å². The van der Waals surface area contributed by atoms with Crippen LogP contribution in [0.2, 0.25) is 25.7 Å². The lowest BCUT2D eigenvalue weighted by Gasteiger charge is -2.38. The molecule has 1 unspecified atom stereocenters. The van der Waals surface area contributed by atoms with E-state index in [0.29, 0.717) is 57.9 Å². The van der Waals surface area contributed by atoms with Crippen molar-refractivity contribution in [3.63, 3.8) is 0 Å². The summed E-state index contributed by atoms with van der Waals surface area (Å²) in [6.45, 7) is 14.8. The molecule has 196 valence electrons. The van der Waals surface area contributed by atoms with Crippen LogP contribution >= 0.6 is 0 Å². The van der Waals surface area contributed by atoms with Crippen LogP contribution in [-0.4, -0.2) is 81.7 Å². The normalized spacial score (nSPS) is 21.7. The Labute approximate surface area is 209 Å². The van der Waals surface area contributed by atoms with Crippen molar-refractivity contribution in [2.75, 3.05) is 19.7 Å². The van der Waals surface area contributed by atoms with Crippen molar-refractivity contribution in [1.82, 2.24) is 19.6 Å². The van der Waals surface area contributed by atoms with Crippen LogP contribution in [0, 0.1) is 0 Å². The van der Waals surface area contributed by atoms with E-state index in [4.69, 9.17) is 14.6 Å². The minimum atomic E-state index is -1.21. The van der Waals surface area contributed by atoms with E-state index in [1.807, 2.05) is 30.4 Å². The minimum absolute atomic E-state index is 0.0995. The zero-order chi connectivity index (χ0) is 25.6. The Morgan fingerprint density at radius 2 is 1.91 bits per heavy atom. The van der Waals surface area contributed by atoms with Gasteiger partial charge in [-0.3, -0.25) is 4.79 Å². The summed E-state index contributed by atoms with van der Waals surface area (Å²) in [5.41, 5.74) is 1.34. The first-order valence-corrected chi connectivity index (χ1v) is 16.6. The van der Waals surface area contributed by atoms with Crippen LogP contribution in [0.25, 0.3) is 0 Å². The topological polar surface area (TPSA) is 97.1 Å². The highest BCUT2D eigenvalue weighted by Gasteiger charge is 2.54. The monoisotopic (exact) mass is 506 g/mol. The maximum atomic E-state index is 13.8. The van der Waals surface area contributed by atoms with Gasteiger partial charge in [0.15, 0.2) is 5.69 Å². The molecule has 1 aromatic heterocycles. The third kappa shape index (κ3) is 6.09. The molecule has 1 saturated heterocycles. The fourth-order valence-electron chi connectivity index (χ4n) is 5.01. The smallest absolute Gasteiger partial charge is 0.410 e. The first-order valence-electron chi connectivity index (χ1n) is 12.9. The maximum absolute atomic E-state index is 13.8. The second kappa shape index (κ2) is 9.52. The maximum Gasteiger partial charge on any atom is 0.410 e. The largest absolute Gasteiger partial charge is 0.444 e. The van der Waals surface area contributed by atoms with Crippen LogP contribution in [-0.2, 0) is 29.2 Å². The first-order chi connectivity index (χ1) is 16.3. The molecule has 3 heterocycles. The van der Waals surface area contributed by atoms with E-state index in [0.717, 1.165) is 30.1 Å². The van der Waals surface area contributed by atoms with Crippen molar-refractivity contribution in [2.24, 2.45) is 0 Å². The van der Waals surface area contributed by atoms with E-state index < -0.39 is 13.7 Å². The van der Waals surface area contributed by atoms with E-state index in [1.54, 1.807) is 4.90 Å². The van der Waals surface area contributed by atoms with Gasteiger partial charge in [0.05, 0.1) is 12.6 Å². The van der Waals surface area contributed by atoms with Crippen LogP contribution in [0.3, 0.4) is 0 Å². The van der Waals surface area contributed by atoms with Gasteiger partial charge in [0, 0.05) is 51.0 Å². The minimum Gasteiger partial charge on any atom is -0.444 e. The van der Waals surface area contributed by atoms with Crippen molar-refractivity contribution < 1.29 is 24.2 Å². The van der Waals surface area contributed by atoms with E-state index in [1.165, 1.54) is 0 Å². The fraction of sp³-hybridized carbons (Fsp3) is 0.800. The molecule has 0 aromatic carbocycles. The van der Waals surface area contributed by atoms with Gasteiger partial charge in [0.1, 0.15) is 12.3 Å². The Hall–Kier alpha value is -1.91. The molecule has 2 aliphatic heterocycles. The van der Waals surface area contributed by atoms with Crippen molar-refractivity contribution in [3.8, 4) is 0 Å². The zero-order valence-electron chi connectivity index (χ0n) is 22.2. The first kappa shape index (κ1) is 26.2. The Kier molecular flexibility index (Phi) is 7.11. The highest BCUT2D eigenvalue weighted by molar-refractivity contribution is 6.76. The predicted molar refractivity (Wildman–Crippen MR) is 135 cm³/mol. The third-order valence-corrected chi connectivity index (χ3v) is 8.85. The Morgan fingerprint density at radius 3 is 2.54 bits per heavy atom. The molecule has 35 heavy (non-hydrogen) atoms. The number of ether oxygens (including phenoxy) is 2. The Bertz CT molecular complexity index is 960. The number of amides is 2. The lowest BCUT2D eigenvalue weighted by Crippen LogP contribution is -2.50. The molecule has 1 spiro atoms. The molecule has 4 rings (SSSR count). The number of aromatic nitrogens is 2. The van der Waals surface area contributed by atoms with Crippen molar-refractivity contribution in [3.05, 3.63) is 17.0 Å².